The van der Waals surface area contributed by atoms with Crippen molar-refractivity contribution >= 4 is 5.69 Å². The Hall–Kier alpha value is -2.23. The number of ether oxygens (including phenoxy) is 2. The zero-order valence-electron chi connectivity index (χ0n) is 10.0. The number of rotatable bonds is 4. The second-order valence-electron chi connectivity index (χ2n) is 3.66. The Kier molecular flexibility index (Phi) is 3.67. The number of halogens is 1. The molecular formula is C14H14FNO2. The van der Waals surface area contributed by atoms with E-state index < -0.39 is 0 Å². The molecule has 4 heteroatoms. The van der Waals surface area contributed by atoms with E-state index in [1.54, 1.807) is 30.3 Å². The van der Waals surface area contributed by atoms with Crippen LogP contribution < -0.4 is 15.2 Å². The lowest BCUT2D eigenvalue weighted by Gasteiger charge is -2.12. The second kappa shape index (κ2) is 5.40. The summed E-state index contributed by atoms with van der Waals surface area (Å²) in [5.41, 5.74) is 6.32. The summed E-state index contributed by atoms with van der Waals surface area (Å²) in [4.78, 5) is 0. The fraction of sp³-hybridized carbons (Fsp3) is 0.143. The number of hydrogen-bond acceptors (Lipinski definition) is 3. The van der Waals surface area contributed by atoms with Crippen molar-refractivity contribution in [3.8, 4) is 17.2 Å². The molecule has 2 aromatic carbocycles. The smallest absolute Gasteiger partial charge is 0.154 e. The van der Waals surface area contributed by atoms with Crippen molar-refractivity contribution in [2.24, 2.45) is 0 Å². The molecular weight excluding hydrogens is 233 g/mol. The molecule has 2 rings (SSSR count). The molecule has 0 atom stereocenters. The van der Waals surface area contributed by atoms with Crippen LogP contribution in [0.1, 0.15) is 6.92 Å². The topological polar surface area (TPSA) is 44.5 Å². The molecule has 94 valence electrons. The van der Waals surface area contributed by atoms with E-state index in [1.165, 1.54) is 12.1 Å². The summed E-state index contributed by atoms with van der Waals surface area (Å²) in [5, 5.41) is 0. The maximum atomic E-state index is 13.0. The molecule has 0 aliphatic rings. The van der Waals surface area contributed by atoms with E-state index in [0.29, 0.717) is 29.5 Å². The van der Waals surface area contributed by atoms with E-state index in [0.717, 1.165) is 0 Å². The third kappa shape index (κ3) is 2.71. The van der Waals surface area contributed by atoms with Crippen LogP contribution in [0.4, 0.5) is 10.1 Å². The second-order valence-corrected chi connectivity index (χ2v) is 3.66. The van der Waals surface area contributed by atoms with Crippen LogP contribution in [0.5, 0.6) is 17.2 Å². The molecule has 0 amide bonds. The highest BCUT2D eigenvalue weighted by Crippen LogP contribution is 2.34. The number of nitrogens with two attached hydrogens (primary N) is 1. The SMILES string of the molecule is CCOc1cccc(Oc2cccc(F)c2)c1N. The third-order valence-electron chi connectivity index (χ3n) is 2.35. The summed E-state index contributed by atoms with van der Waals surface area (Å²) in [6, 6.07) is 11.1. The first kappa shape index (κ1) is 12.2. The van der Waals surface area contributed by atoms with E-state index >= 15 is 0 Å². The highest BCUT2D eigenvalue weighted by atomic mass is 19.1. The predicted molar refractivity (Wildman–Crippen MR) is 68.5 cm³/mol. The molecule has 18 heavy (non-hydrogen) atoms. The van der Waals surface area contributed by atoms with Crippen LogP contribution in [-0.4, -0.2) is 6.61 Å². The largest absolute Gasteiger partial charge is 0.492 e. The molecule has 2 N–H and O–H groups in total. The summed E-state index contributed by atoms with van der Waals surface area (Å²) in [6.07, 6.45) is 0. The van der Waals surface area contributed by atoms with Gasteiger partial charge in [0.15, 0.2) is 5.75 Å². The fourth-order valence-corrected chi connectivity index (χ4v) is 1.55. The lowest BCUT2D eigenvalue weighted by molar-refractivity contribution is 0.340. The predicted octanol–water partition coefficient (Wildman–Crippen LogP) is 3.60. The molecule has 0 unspecified atom stereocenters. The molecule has 0 fully saturated rings. The van der Waals surface area contributed by atoms with E-state index in [2.05, 4.69) is 0 Å². The van der Waals surface area contributed by atoms with Gasteiger partial charge in [-0.25, -0.2) is 4.39 Å². The molecule has 0 spiro atoms. The molecule has 0 aliphatic carbocycles. The number of anilines is 1. The van der Waals surface area contributed by atoms with Gasteiger partial charge >= 0.3 is 0 Å². The number of para-hydroxylation sites is 1. The molecule has 0 heterocycles. The van der Waals surface area contributed by atoms with Crippen molar-refractivity contribution in [1.29, 1.82) is 0 Å². The Morgan fingerprint density at radius 3 is 2.56 bits per heavy atom. The zero-order chi connectivity index (χ0) is 13.0. The maximum Gasteiger partial charge on any atom is 0.154 e. The highest BCUT2D eigenvalue weighted by molar-refractivity contribution is 5.63. The average molecular weight is 247 g/mol. The molecule has 0 bridgehead atoms. The van der Waals surface area contributed by atoms with E-state index in [-0.39, 0.29) is 5.82 Å². The molecule has 2 aromatic rings. The average Bonchev–Trinajstić information content (AvgIpc) is 2.35. The van der Waals surface area contributed by atoms with Gasteiger partial charge in [0.25, 0.3) is 0 Å². The number of nitrogen functional groups attached to an aromatic ring is 1. The lowest BCUT2D eigenvalue weighted by Crippen LogP contribution is -1.99. The Morgan fingerprint density at radius 1 is 1.11 bits per heavy atom. The summed E-state index contributed by atoms with van der Waals surface area (Å²) in [5.74, 6) is 1.06. The first-order chi connectivity index (χ1) is 8.70. The first-order valence-corrected chi connectivity index (χ1v) is 5.65. The van der Waals surface area contributed by atoms with Crippen LogP contribution in [0.15, 0.2) is 42.5 Å². The number of hydrogen-bond donors (Lipinski definition) is 1. The van der Waals surface area contributed by atoms with Crippen molar-refractivity contribution in [2.45, 2.75) is 6.92 Å². The molecule has 0 saturated heterocycles. The van der Waals surface area contributed by atoms with Gasteiger partial charge in [0.2, 0.25) is 0 Å². The van der Waals surface area contributed by atoms with Crippen molar-refractivity contribution in [3.05, 3.63) is 48.3 Å². The van der Waals surface area contributed by atoms with E-state index in [4.69, 9.17) is 15.2 Å². The van der Waals surface area contributed by atoms with Gasteiger partial charge in [0.05, 0.1) is 6.61 Å². The standard InChI is InChI=1S/C14H14FNO2/c1-2-17-12-7-4-8-13(14(12)16)18-11-6-3-5-10(15)9-11/h3-9H,2,16H2,1H3. The quantitative estimate of drug-likeness (QED) is 0.839. The van der Waals surface area contributed by atoms with Gasteiger partial charge < -0.3 is 15.2 Å². The van der Waals surface area contributed by atoms with Crippen LogP contribution >= 0.6 is 0 Å². The van der Waals surface area contributed by atoms with Crippen molar-refractivity contribution in [2.75, 3.05) is 12.3 Å². The van der Waals surface area contributed by atoms with Gasteiger partial charge in [-0.1, -0.05) is 12.1 Å². The van der Waals surface area contributed by atoms with Crippen LogP contribution in [0.3, 0.4) is 0 Å². The van der Waals surface area contributed by atoms with E-state index in [1.807, 2.05) is 6.92 Å². The van der Waals surface area contributed by atoms with Crippen LogP contribution in [-0.2, 0) is 0 Å². The Morgan fingerprint density at radius 2 is 1.83 bits per heavy atom. The molecule has 0 radical (unpaired) electrons. The van der Waals surface area contributed by atoms with Gasteiger partial charge in [-0.05, 0) is 31.2 Å². The van der Waals surface area contributed by atoms with Crippen LogP contribution in [0.2, 0.25) is 0 Å². The minimum absolute atomic E-state index is 0.355. The Labute approximate surface area is 105 Å². The molecule has 3 nitrogen and oxygen atoms in total. The minimum Gasteiger partial charge on any atom is -0.492 e. The summed E-state index contributed by atoms with van der Waals surface area (Å²) in [7, 11) is 0. The highest BCUT2D eigenvalue weighted by Gasteiger charge is 2.08. The lowest BCUT2D eigenvalue weighted by atomic mass is 10.2. The summed E-state index contributed by atoms with van der Waals surface area (Å²) >= 11 is 0. The van der Waals surface area contributed by atoms with Gasteiger partial charge in [-0.15, -0.1) is 0 Å². The van der Waals surface area contributed by atoms with Gasteiger partial charge in [0, 0.05) is 6.07 Å². The van der Waals surface area contributed by atoms with Crippen molar-refractivity contribution in [1.82, 2.24) is 0 Å². The van der Waals surface area contributed by atoms with Gasteiger partial charge in [-0.3, -0.25) is 0 Å². The van der Waals surface area contributed by atoms with Crippen molar-refractivity contribution in [3.63, 3.8) is 0 Å². The molecule has 0 saturated carbocycles. The summed E-state index contributed by atoms with van der Waals surface area (Å²) < 4.78 is 23.9. The number of benzene rings is 2. The van der Waals surface area contributed by atoms with Crippen LogP contribution in [0, 0.1) is 5.82 Å². The normalized spacial score (nSPS) is 10.1. The van der Waals surface area contributed by atoms with E-state index in [9.17, 15) is 4.39 Å². The monoisotopic (exact) mass is 247 g/mol. The minimum atomic E-state index is -0.355. The van der Waals surface area contributed by atoms with Gasteiger partial charge in [0.1, 0.15) is 23.0 Å². The maximum absolute atomic E-state index is 13.0. The van der Waals surface area contributed by atoms with Gasteiger partial charge in [-0.2, -0.15) is 0 Å². The Bertz CT molecular complexity index is 543. The Balaban J connectivity index is 2.26. The molecule has 0 aliphatic heterocycles. The third-order valence-corrected chi connectivity index (χ3v) is 2.35. The molecule has 0 aromatic heterocycles. The van der Waals surface area contributed by atoms with Crippen LogP contribution in [0.25, 0.3) is 0 Å². The fourth-order valence-electron chi connectivity index (χ4n) is 1.55. The zero-order valence-corrected chi connectivity index (χ0v) is 10.0. The van der Waals surface area contributed by atoms with Crippen molar-refractivity contribution < 1.29 is 13.9 Å². The first-order valence-electron chi connectivity index (χ1n) is 5.65. The summed E-state index contributed by atoms with van der Waals surface area (Å²) in [6.45, 7) is 2.40.